The van der Waals surface area contributed by atoms with E-state index < -0.39 is 16.8 Å². The predicted molar refractivity (Wildman–Crippen MR) is 86.8 cm³/mol. The van der Waals surface area contributed by atoms with Gasteiger partial charge in [0.1, 0.15) is 6.04 Å². The Morgan fingerprint density at radius 1 is 1.43 bits per heavy atom. The molecule has 1 rings (SSSR count). The zero-order chi connectivity index (χ0) is 16.0. The van der Waals surface area contributed by atoms with Gasteiger partial charge < -0.3 is 16.2 Å². The largest absolute Gasteiger partial charge is 0.480 e. The quantitative estimate of drug-likeness (QED) is 0.714. The highest BCUT2D eigenvalue weighted by atomic mass is 35.5. The molecule has 1 aromatic rings. The molecule has 0 bridgehead atoms. The summed E-state index contributed by atoms with van der Waals surface area (Å²) in [5.41, 5.74) is 6.18. The number of carboxylic acid groups (broad SMARTS) is 1. The van der Waals surface area contributed by atoms with Crippen LogP contribution < -0.4 is 11.1 Å². The van der Waals surface area contributed by atoms with Gasteiger partial charge >= 0.3 is 5.97 Å². The van der Waals surface area contributed by atoms with Gasteiger partial charge in [-0.2, -0.15) is 11.8 Å². The summed E-state index contributed by atoms with van der Waals surface area (Å²) in [6.45, 7) is 3.50. The second kappa shape index (κ2) is 7.68. The Morgan fingerprint density at radius 3 is 2.62 bits per heavy atom. The van der Waals surface area contributed by atoms with Crippen LogP contribution in [0.3, 0.4) is 0 Å². The molecule has 4 N–H and O–H groups in total. The van der Waals surface area contributed by atoms with Crippen LogP contribution in [0.1, 0.15) is 20.3 Å². The Balaban J connectivity index is 2.44. The number of nitrogens with two attached hydrogens (primary N) is 1. The molecule has 0 aliphatic carbocycles. The summed E-state index contributed by atoms with van der Waals surface area (Å²) in [5, 5.41) is 12.1. The van der Waals surface area contributed by atoms with Gasteiger partial charge in [-0.05, 0) is 26.0 Å². The van der Waals surface area contributed by atoms with Gasteiger partial charge in [-0.15, -0.1) is 0 Å². The minimum Gasteiger partial charge on any atom is -0.480 e. The van der Waals surface area contributed by atoms with E-state index in [4.69, 9.17) is 22.4 Å². The lowest BCUT2D eigenvalue weighted by Crippen LogP contribution is -2.46. The van der Waals surface area contributed by atoms with E-state index in [1.165, 1.54) is 11.8 Å². The SMILES string of the molecule is CC(C)(SCCC(=O)Nc1ccccc1Cl)[C@H](N)C(=O)O. The zero-order valence-electron chi connectivity index (χ0n) is 11.9. The first kappa shape index (κ1) is 17.8. The number of benzene rings is 1. The molecular formula is C14H19ClN2O3S. The first-order valence-electron chi connectivity index (χ1n) is 6.41. The first-order chi connectivity index (χ1) is 9.74. The minimum atomic E-state index is -1.05. The van der Waals surface area contributed by atoms with Crippen molar-refractivity contribution in [3.8, 4) is 0 Å². The third-order valence-corrected chi connectivity index (χ3v) is 4.70. The van der Waals surface area contributed by atoms with E-state index in [-0.39, 0.29) is 12.3 Å². The number of para-hydroxylation sites is 1. The van der Waals surface area contributed by atoms with E-state index in [0.29, 0.717) is 16.5 Å². The number of hydrogen-bond donors (Lipinski definition) is 3. The average Bonchev–Trinajstić information content (AvgIpc) is 2.40. The van der Waals surface area contributed by atoms with Crippen LogP contribution in [-0.2, 0) is 9.59 Å². The lowest BCUT2D eigenvalue weighted by atomic mass is 10.1. The highest BCUT2D eigenvalue weighted by Crippen LogP contribution is 2.28. The molecule has 0 aliphatic rings. The summed E-state index contributed by atoms with van der Waals surface area (Å²) in [5.74, 6) is -0.743. The molecule has 0 saturated heterocycles. The Hall–Kier alpha value is -1.24. The molecule has 0 heterocycles. The number of carboxylic acids is 1. The van der Waals surface area contributed by atoms with Gasteiger partial charge in [0, 0.05) is 16.9 Å². The third-order valence-electron chi connectivity index (χ3n) is 2.97. The van der Waals surface area contributed by atoms with Crippen molar-refractivity contribution in [1.82, 2.24) is 0 Å². The molecule has 0 aliphatic heterocycles. The van der Waals surface area contributed by atoms with Crippen molar-refractivity contribution < 1.29 is 14.7 Å². The average molecular weight is 331 g/mol. The Kier molecular flexibility index (Phi) is 6.51. The smallest absolute Gasteiger partial charge is 0.321 e. The fraction of sp³-hybridized carbons (Fsp3) is 0.429. The van der Waals surface area contributed by atoms with Gasteiger partial charge in [-0.25, -0.2) is 0 Å². The normalized spacial score (nSPS) is 12.8. The lowest BCUT2D eigenvalue weighted by molar-refractivity contribution is -0.139. The molecule has 1 atom stereocenters. The number of hydrogen-bond acceptors (Lipinski definition) is 4. The predicted octanol–water partition coefficient (Wildman–Crippen LogP) is 2.59. The van der Waals surface area contributed by atoms with Crippen molar-refractivity contribution in [2.24, 2.45) is 5.73 Å². The highest BCUT2D eigenvalue weighted by Gasteiger charge is 2.32. The molecule has 0 saturated carbocycles. The highest BCUT2D eigenvalue weighted by molar-refractivity contribution is 8.00. The van der Waals surface area contributed by atoms with E-state index >= 15 is 0 Å². The van der Waals surface area contributed by atoms with E-state index in [1.807, 2.05) is 0 Å². The van der Waals surface area contributed by atoms with Gasteiger partial charge in [0.2, 0.25) is 5.91 Å². The maximum absolute atomic E-state index is 11.8. The molecule has 0 unspecified atom stereocenters. The van der Waals surface area contributed by atoms with Crippen LogP contribution in [-0.4, -0.2) is 33.5 Å². The first-order valence-corrected chi connectivity index (χ1v) is 7.77. The van der Waals surface area contributed by atoms with Crippen LogP contribution >= 0.6 is 23.4 Å². The molecule has 0 fully saturated rings. The molecular weight excluding hydrogens is 312 g/mol. The monoisotopic (exact) mass is 330 g/mol. The number of aliphatic carboxylic acids is 1. The van der Waals surface area contributed by atoms with E-state index in [0.717, 1.165) is 0 Å². The fourth-order valence-corrected chi connectivity index (χ4v) is 2.85. The van der Waals surface area contributed by atoms with Crippen molar-refractivity contribution in [1.29, 1.82) is 0 Å². The fourth-order valence-electron chi connectivity index (χ4n) is 1.57. The molecule has 116 valence electrons. The summed E-state index contributed by atoms with van der Waals surface area (Å²) in [6, 6.07) is 6.00. The third kappa shape index (κ3) is 5.57. The number of thioether (sulfide) groups is 1. The van der Waals surface area contributed by atoms with E-state index in [9.17, 15) is 9.59 Å². The van der Waals surface area contributed by atoms with Gasteiger partial charge in [-0.3, -0.25) is 9.59 Å². The van der Waals surface area contributed by atoms with Crippen LogP contribution in [0, 0.1) is 0 Å². The van der Waals surface area contributed by atoms with Crippen LogP contribution in [0.15, 0.2) is 24.3 Å². The van der Waals surface area contributed by atoms with Crippen molar-refractivity contribution in [3.63, 3.8) is 0 Å². The molecule has 5 nitrogen and oxygen atoms in total. The van der Waals surface area contributed by atoms with Crippen molar-refractivity contribution >= 4 is 40.9 Å². The summed E-state index contributed by atoms with van der Waals surface area (Å²) >= 11 is 7.31. The number of rotatable bonds is 7. The summed E-state index contributed by atoms with van der Waals surface area (Å²) in [4.78, 5) is 22.7. The Bertz CT molecular complexity index is 523. The van der Waals surface area contributed by atoms with Crippen LogP contribution in [0.25, 0.3) is 0 Å². The van der Waals surface area contributed by atoms with Gasteiger partial charge in [0.25, 0.3) is 0 Å². The zero-order valence-corrected chi connectivity index (χ0v) is 13.5. The Morgan fingerprint density at radius 2 is 2.05 bits per heavy atom. The molecule has 1 amide bonds. The maximum Gasteiger partial charge on any atom is 0.321 e. The molecule has 7 heteroatoms. The molecule has 1 aromatic carbocycles. The van der Waals surface area contributed by atoms with Crippen LogP contribution in [0.5, 0.6) is 0 Å². The van der Waals surface area contributed by atoms with E-state index in [1.54, 1.807) is 38.1 Å². The lowest BCUT2D eigenvalue weighted by Gasteiger charge is -2.27. The number of carbonyl (C=O) groups excluding carboxylic acids is 1. The van der Waals surface area contributed by atoms with E-state index in [2.05, 4.69) is 5.32 Å². The standard InChI is InChI=1S/C14H19ClN2O3S/c1-14(2,12(16)13(19)20)21-8-7-11(18)17-10-6-4-3-5-9(10)15/h3-6,12H,7-8,16H2,1-2H3,(H,17,18)(H,19,20)/t12-/m1/s1. The van der Waals surface area contributed by atoms with Gasteiger partial charge in [0.05, 0.1) is 10.7 Å². The van der Waals surface area contributed by atoms with Gasteiger partial charge in [-0.1, -0.05) is 23.7 Å². The number of carbonyl (C=O) groups is 2. The maximum atomic E-state index is 11.8. The molecule has 0 aromatic heterocycles. The molecule has 0 spiro atoms. The number of amides is 1. The van der Waals surface area contributed by atoms with Crippen molar-refractivity contribution in [2.75, 3.05) is 11.1 Å². The number of anilines is 1. The van der Waals surface area contributed by atoms with Crippen molar-refractivity contribution in [3.05, 3.63) is 29.3 Å². The number of halogens is 1. The molecule has 21 heavy (non-hydrogen) atoms. The second-order valence-corrected chi connectivity index (χ2v) is 7.20. The van der Waals surface area contributed by atoms with Crippen LogP contribution in [0.4, 0.5) is 5.69 Å². The summed E-state index contributed by atoms with van der Waals surface area (Å²) in [6.07, 6.45) is 0.256. The van der Waals surface area contributed by atoms with Gasteiger partial charge in [0.15, 0.2) is 0 Å². The topological polar surface area (TPSA) is 92.4 Å². The summed E-state index contributed by atoms with van der Waals surface area (Å²) in [7, 11) is 0. The molecule has 0 radical (unpaired) electrons. The number of nitrogens with one attached hydrogen (secondary N) is 1. The minimum absolute atomic E-state index is 0.171. The Labute approximate surface area is 133 Å². The van der Waals surface area contributed by atoms with Crippen LogP contribution in [0.2, 0.25) is 5.02 Å². The van der Waals surface area contributed by atoms with Crippen molar-refractivity contribution in [2.45, 2.75) is 31.1 Å². The summed E-state index contributed by atoms with van der Waals surface area (Å²) < 4.78 is -0.642. The second-order valence-electron chi connectivity index (χ2n) is 5.05.